The lowest BCUT2D eigenvalue weighted by Gasteiger charge is -2.34. The molecule has 4 nitrogen and oxygen atoms in total. The Morgan fingerprint density at radius 3 is 2.65 bits per heavy atom. The molecule has 0 amide bonds. The zero-order valence-corrected chi connectivity index (χ0v) is 14.6. The van der Waals surface area contributed by atoms with Crippen LogP contribution in [0.5, 0.6) is 5.88 Å². The number of hydrogen-bond donors (Lipinski definition) is 0. The second kappa shape index (κ2) is 6.23. The molecule has 2 aliphatic rings. The van der Waals surface area contributed by atoms with Crippen LogP contribution in [0, 0.1) is 5.41 Å². The SMILES string of the molecule is COc1cccc(C(C)(C)C(=O)CCC2(CN3CCC3)CC2)n1. The van der Waals surface area contributed by atoms with Gasteiger partial charge in [0.15, 0.2) is 0 Å². The van der Waals surface area contributed by atoms with Crippen LogP contribution >= 0.6 is 0 Å². The Balaban J connectivity index is 1.60. The summed E-state index contributed by atoms with van der Waals surface area (Å²) in [6.07, 6.45) is 5.59. The molecule has 1 aromatic rings. The van der Waals surface area contributed by atoms with Gasteiger partial charge in [-0.2, -0.15) is 0 Å². The van der Waals surface area contributed by atoms with E-state index in [2.05, 4.69) is 9.88 Å². The minimum Gasteiger partial charge on any atom is -0.481 e. The van der Waals surface area contributed by atoms with Gasteiger partial charge in [0.1, 0.15) is 5.78 Å². The third-order valence-corrected chi connectivity index (χ3v) is 5.62. The van der Waals surface area contributed by atoms with Crippen LogP contribution in [0.15, 0.2) is 18.2 Å². The third kappa shape index (κ3) is 3.57. The summed E-state index contributed by atoms with van der Waals surface area (Å²) in [5, 5.41) is 0. The molecule has 1 aliphatic heterocycles. The van der Waals surface area contributed by atoms with Crippen molar-refractivity contribution in [3.8, 4) is 5.88 Å². The molecule has 126 valence electrons. The first-order valence-corrected chi connectivity index (χ1v) is 8.72. The van der Waals surface area contributed by atoms with Gasteiger partial charge in [0, 0.05) is 19.0 Å². The van der Waals surface area contributed by atoms with E-state index in [4.69, 9.17) is 4.74 Å². The van der Waals surface area contributed by atoms with Crippen LogP contribution in [0.1, 0.15) is 51.6 Å². The molecule has 0 atom stereocenters. The van der Waals surface area contributed by atoms with E-state index in [-0.39, 0.29) is 5.78 Å². The van der Waals surface area contributed by atoms with Crippen LogP contribution in [0.25, 0.3) is 0 Å². The van der Waals surface area contributed by atoms with Crippen LogP contribution in [-0.4, -0.2) is 42.4 Å². The lowest BCUT2D eigenvalue weighted by atomic mass is 9.80. The van der Waals surface area contributed by atoms with Gasteiger partial charge in [-0.3, -0.25) is 4.79 Å². The number of nitrogens with zero attached hydrogens (tertiary/aromatic N) is 2. The molecule has 0 N–H and O–H groups in total. The summed E-state index contributed by atoms with van der Waals surface area (Å²) in [4.78, 5) is 19.8. The van der Waals surface area contributed by atoms with Gasteiger partial charge in [-0.1, -0.05) is 6.07 Å². The van der Waals surface area contributed by atoms with Crippen molar-refractivity contribution in [3.05, 3.63) is 23.9 Å². The summed E-state index contributed by atoms with van der Waals surface area (Å²) in [6, 6.07) is 5.64. The molecule has 0 unspecified atom stereocenters. The van der Waals surface area contributed by atoms with Crippen LogP contribution in [0.4, 0.5) is 0 Å². The van der Waals surface area contributed by atoms with Crippen molar-refractivity contribution in [1.29, 1.82) is 0 Å². The van der Waals surface area contributed by atoms with E-state index in [0.717, 1.165) is 12.1 Å². The van der Waals surface area contributed by atoms with Crippen molar-refractivity contribution in [3.63, 3.8) is 0 Å². The van der Waals surface area contributed by atoms with Crippen LogP contribution in [0.3, 0.4) is 0 Å². The predicted octanol–water partition coefficient (Wildman–Crippen LogP) is 3.20. The highest BCUT2D eigenvalue weighted by molar-refractivity contribution is 5.88. The Bertz CT molecular complexity index is 574. The molecule has 0 bridgehead atoms. The van der Waals surface area contributed by atoms with Crippen LogP contribution in [0.2, 0.25) is 0 Å². The predicted molar refractivity (Wildman–Crippen MR) is 90.8 cm³/mol. The number of rotatable bonds is 8. The Morgan fingerprint density at radius 2 is 2.09 bits per heavy atom. The molecule has 1 saturated carbocycles. The van der Waals surface area contributed by atoms with Gasteiger partial charge < -0.3 is 9.64 Å². The summed E-state index contributed by atoms with van der Waals surface area (Å²) < 4.78 is 5.19. The molecule has 0 radical (unpaired) electrons. The number of ether oxygens (including phenoxy) is 1. The monoisotopic (exact) mass is 316 g/mol. The smallest absolute Gasteiger partial charge is 0.213 e. The first kappa shape index (κ1) is 16.4. The fourth-order valence-corrected chi connectivity index (χ4v) is 3.39. The van der Waals surface area contributed by atoms with Gasteiger partial charge in [0.2, 0.25) is 5.88 Å². The van der Waals surface area contributed by atoms with Gasteiger partial charge >= 0.3 is 0 Å². The van der Waals surface area contributed by atoms with Crippen molar-refractivity contribution in [2.75, 3.05) is 26.7 Å². The number of carbonyl (C=O) groups is 1. The fraction of sp³-hybridized carbons (Fsp3) is 0.684. The number of pyridine rings is 1. The highest BCUT2D eigenvalue weighted by Gasteiger charge is 2.45. The lowest BCUT2D eigenvalue weighted by molar-refractivity contribution is -0.124. The molecule has 4 heteroatoms. The lowest BCUT2D eigenvalue weighted by Crippen LogP contribution is -2.41. The number of hydrogen-bond acceptors (Lipinski definition) is 4. The van der Waals surface area contributed by atoms with Crippen molar-refractivity contribution in [1.82, 2.24) is 9.88 Å². The van der Waals surface area contributed by atoms with Gasteiger partial charge in [-0.25, -0.2) is 4.98 Å². The number of methoxy groups -OCH3 is 1. The first-order valence-electron chi connectivity index (χ1n) is 8.72. The molecule has 2 fully saturated rings. The Kier molecular flexibility index (Phi) is 4.45. The summed E-state index contributed by atoms with van der Waals surface area (Å²) in [5.41, 5.74) is 0.671. The normalized spacial score (nSPS) is 20.0. The summed E-state index contributed by atoms with van der Waals surface area (Å²) in [5.74, 6) is 0.855. The standard InChI is InChI=1S/C19H28N2O2/c1-18(2,15-6-4-7-17(20-15)23-3)16(22)8-9-19(10-11-19)14-21-12-5-13-21/h4,6-7H,5,8-14H2,1-3H3. The Labute approximate surface area is 139 Å². The van der Waals surface area contributed by atoms with Crippen molar-refractivity contribution >= 4 is 5.78 Å². The van der Waals surface area contributed by atoms with Crippen LogP contribution < -0.4 is 4.74 Å². The molecule has 0 spiro atoms. The third-order valence-electron chi connectivity index (χ3n) is 5.62. The minimum absolute atomic E-state index is 0.285. The molecule has 1 aliphatic carbocycles. The number of Topliss-reactive ketones (excluding diaryl/α,β-unsaturated/α-hetero) is 1. The molecular formula is C19H28N2O2. The van der Waals surface area contributed by atoms with Crippen LogP contribution in [-0.2, 0) is 10.2 Å². The Hall–Kier alpha value is -1.42. The molecule has 2 heterocycles. The largest absolute Gasteiger partial charge is 0.481 e. The maximum absolute atomic E-state index is 12.8. The number of aromatic nitrogens is 1. The van der Waals surface area contributed by atoms with E-state index in [1.165, 1.54) is 38.9 Å². The number of ketones is 1. The topological polar surface area (TPSA) is 42.4 Å². The highest BCUT2D eigenvalue weighted by atomic mass is 16.5. The van der Waals surface area contributed by atoms with Crippen molar-refractivity contribution in [2.24, 2.45) is 5.41 Å². The van der Waals surface area contributed by atoms with Gasteiger partial charge in [0.05, 0.1) is 18.2 Å². The molecule has 1 saturated heterocycles. The summed E-state index contributed by atoms with van der Waals surface area (Å²) in [7, 11) is 1.60. The van der Waals surface area contributed by atoms with E-state index in [0.29, 0.717) is 17.7 Å². The van der Waals surface area contributed by atoms with Gasteiger partial charge in [-0.05, 0) is 64.1 Å². The highest BCUT2D eigenvalue weighted by Crippen LogP contribution is 2.51. The number of carbonyl (C=O) groups excluding carboxylic acids is 1. The fourth-order valence-electron chi connectivity index (χ4n) is 3.39. The Morgan fingerprint density at radius 1 is 1.35 bits per heavy atom. The van der Waals surface area contributed by atoms with E-state index in [1.54, 1.807) is 7.11 Å². The zero-order valence-electron chi connectivity index (χ0n) is 14.6. The molecular weight excluding hydrogens is 288 g/mol. The summed E-state index contributed by atoms with van der Waals surface area (Å²) >= 11 is 0. The molecule has 3 rings (SSSR count). The minimum atomic E-state index is -0.554. The van der Waals surface area contributed by atoms with E-state index in [1.807, 2.05) is 32.0 Å². The van der Waals surface area contributed by atoms with E-state index >= 15 is 0 Å². The molecule has 1 aromatic heterocycles. The van der Waals surface area contributed by atoms with Gasteiger partial charge in [0.25, 0.3) is 0 Å². The zero-order chi connectivity index (χ0) is 16.5. The maximum Gasteiger partial charge on any atom is 0.213 e. The molecule has 0 aromatic carbocycles. The van der Waals surface area contributed by atoms with E-state index < -0.39 is 5.41 Å². The van der Waals surface area contributed by atoms with E-state index in [9.17, 15) is 4.79 Å². The maximum atomic E-state index is 12.8. The average Bonchev–Trinajstić information content (AvgIpc) is 3.29. The van der Waals surface area contributed by atoms with Crippen molar-refractivity contribution < 1.29 is 9.53 Å². The first-order chi connectivity index (χ1) is 11.0. The quantitative estimate of drug-likeness (QED) is 0.738. The second-order valence-electron chi connectivity index (χ2n) is 7.74. The number of likely N-dealkylation sites (tertiary alicyclic amines) is 1. The average molecular weight is 316 g/mol. The second-order valence-corrected chi connectivity index (χ2v) is 7.74. The molecule has 23 heavy (non-hydrogen) atoms. The van der Waals surface area contributed by atoms with Crippen molar-refractivity contribution in [2.45, 2.75) is 51.4 Å². The van der Waals surface area contributed by atoms with Gasteiger partial charge in [-0.15, -0.1) is 0 Å². The summed E-state index contributed by atoms with van der Waals surface area (Å²) in [6.45, 7) is 7.64.